The minimum absolute atomic E-state index is 0.0607. The van der Waals surface area contributed by atoms with Gasteiger partial charge in [-0.25, -0.2) is 12.8 Å². The zero-order valence-corrected chi connectivity index (χ0v) is 15.1. The van der Waals surface area contributed by atoms with Gasteiger partial charge >= 0.3 is 0 Å². The Bertz CT molecular complexity index is 955. The predicted molar refractivity (Wildman–Crippen MR) is 97.2 cm³/mol. The molecule has 0 bridgehead atoms. The second kappa shape index (κ2) is 7.37. The van der Waals surface area contributed by atoms with Crippen LogP contribution in [0.4, 0.5) is 4.39 Å². The van der Waals surface area contributed by atoms with Gasteiger partial charge in [0.05, 0.1) is 5.75 Å². The Morgan fingerprint density at radius 2 is 1.72 bits per heavy atom. The van der Waals surface area contributed by atoms with Crippen molar-refractivity contribution in [3.63, 3.8) is 0 Å². The highest BCUT2D eigenvalue weighted by Crippen LogP contribution is 2.28. The highest BCUT2D eigenvalue weighted by molar-refractivity contribution is 8.00. The lowest BCUT2D eigenvalue weighted by molar-refractivity contribution is 0.603. The van der Waals surface area contributed by atoms with Crippen LogP contribution in [0.15, 0.2) is 59.8 Å². The molecule has 3 rings (SSSR count). The first kappa shape index (κ1) is 17.6. The molecule has 0 fully saturated rings. The van der Waals surface area contributed by atoms with Crippen molar-refractivity contribution in [3.8, 4) is 17.1 Å². The molecule has 25 heavy (non-hydrogen) atoms. The molecule has 0 amide bonds. The fourth-order valence-corrected chi connectivity index (χ4v) is 4.39. The number of aromatic nitrogens is 3. The first-order chi connectivity index (χ1) is 11.9. The van der Waals surface area contributed by atoms with E-state index >= 15 is 0 Å². The standard InChI is InChI=1S/C17H16FN3O2S2/c1-25(22,23)12-11-24-17-20-19-16(13-7-9-14(18)10-8-13)21(17)15-5-3-2-4-6-15/h2-10H,11-12H2,1H3. The minimum Gasteiger partial charge on any atom is -0.270 e. The third-order valence-electron chi connectivity index (χ3n) is 3.44. The molecule has 0 unspecified atom stereocenters. The fraction of sp³-hybridized carbons (Fsp3) is 0.176. The molecule has 1 aromatic heterocycles. The Labute approximate surface area is 149 Å². The van der Waals surface area contributed by atoms with Crippen LogP contribution in [-0.2, 0) is 9.84 Å². The summed E-state index contributed by atoms with van der Waals surface area (Å²) in [6, 6.07) is 15.6. The first-order valence-electron chi connectivity index (χ1n) is 7.51. The van der Waals surface area contributed by atoms with Gasteiger partial charge in [-0.1, -0.05) is 30.0 Å². The van der Waals surface area contributed by atoms with E-state index in [4.69, 9.17) is 0 Å². The van der Waals surface area contributed by atoms with Crippen LogP contribution in [-0.4, -0.2) is 40.9 Å². The van der Waals surface area contributed by atoms with E-state index < -0.39 is 9.84 Å². The van der Waals surface area contributed by atoms with Gasteiger partial charge in [0.15, 0.2) is 11.0 Å². The van der Waals surface area contributed by atoms with Crippen molar-refractivity contribution in [1.29, 1.82) is 0 Å². The van der Waals surface area contributed by atoms with E-state index in [1.165, 1.54) is 30.2 Å². The molecule has 0 saturated heterocycles. The number of rotatable bonds is 6. The van der Waals surface area contributed by atoms with E-state index in [9.17, 15) is 12.8 Å². The number of hydrogen-bond donors (Lipinski definition) is 0. The van der Waals surface area contributed by atoms with Crippen molar-refractivity contribution in [3.05, 3.63) is 60.4 Å². The molecule has 0 N–H and O–H groups in total. The summed E-state index contributed by atoms with van der Waals surface area (Å²) >= 11 is 1.32. The van der Waals surface area contributed by atoms with Crippen LogP contribution in [0.2, 0.25) is 0 Å². The molecule has 0 saturated carbocycles. The smallest absolute Gasteiger partial charge is 0.196 e. The summed E-state index contributed by atoms with van der Waals surface area (Å²) < 4.78 is 37.7. The average molecular weight is 377 g/mol. The van der Waals surface area contributed by atoms with Crippen LogP contribution in [0.5, 0.6) is 0 Å². The van der Waals surface area contributed by atoms with Gasteiger partial charge in [-0.15, -0.1) is 10.2 Å². The lowest BCUT2D eigenvalue weighted by Crippen LogP contribution is -2.06. The molecule has 5 nitrogen and oxygen atoms in total. The molecule has 3 aromatic rings. The van der Waals surface area contributed by atoms with Crippen molar-refractivity contribution in [1.82, 2.24) is 14.8 Å². The molecule has 0 spiro atoms. The van der Waals surface area contributed by atoms with E-state index in [2.05, 4.69) is 10.2 Å². The quantitative estimate of drug-likeness (QED) is 0.617. The molecule has 2 aromatic carbocycles. The summed E-state index contributed by atoms with van der Waals surface area (Å²) in [5.74, 6) is 0.698. The normalized spacial score (nSPS) is 11.6. The van der Waals surface area contributed by atoms with Crippen molar-refractivity contribution < 1.29 is 12.8 Å². The topological polar surface area (TPSA) is 64.8 Å². The van der Waals surface area contributed by atoms with Crippen LogP contribution < -0.4 is 0 Å². The Hall–Kier alpha value is -2.19. The number of hydrogen-bond acceptors (Lipinski definition) is 5. The second-order valence-electron chi connectivity index (χ2n) is 5.46. The zero-order chi connectivity index (χ0) is 17.9. The van der Waals surface area contributed by atoms with Gasteiger partial charge in [0, 0.05) is 23.3 Å². The molecule has 0 radical (unpaired) electrons. The molecule has 1 heterocycles. The van der Waals surface area contributed by atoms with E-state index in [-0.39, 0.29) is 11.6 Å². The number of sulfone groups is 1. The van der Waals surface area contributed by atoms with Gasteiger partial charge in [-0.3, -0.25) is 4.57 Å². The van der Waals surface area contributed by atoms with Crippen molar-refractivity contribution in [2.24, 2.45) is 0 Å². The molecule has 8 heteroatoms. The minimum atomic E-state index is -3.04. The van der Waals surface area contributed by atoms with Crippen molar-refractivity contribution in [2.75, 3.05) is 17.8 Å². The lowest BCUT2D eigenvalue weighted by Gasteiger charge is -2.10. The second-order valence-corrected chi connectivity index (χ2v) is 8.78. The Balaban J connectivity index is 2.00. The highest BCUT2D eigenvalue weighted by Gasteiger charge is 2.16. The monoisotopic (exact) mass is 377 g/mol. The first-order valence-corrected chi connectivity index (χ1v) is 10.6. The third kappa shape index (κ3) is 4.46. The fourth-order valence-electron chi connectivity index (χ4n) is 2.24. The van der Waals surface area contributed by atoms with Crippen LogP contribution in [0, 0.1) is 5.82 Å². The van der Waals surface area contributed by atoms with Gasteiger partial charge in [0.25, 0.3) is 0 Å². The Morgan fingerprint density at radius 1 is 1.04 bits per heavy atom. The van der Waals surface area contributed by atoms with Crippen molar-refractivity contribution >= 4 is 21.6 Å². The van der Waals surface area contributed by atoms with Gasteiger partial charge in [0.1, 0.15) is 15.7 Å². The number of nitrogens with zero attached hydrogens (tertiary/aromatic N) is 3. The number of halogens is 1. The third-order valence-corrected chi connectivity index (χ3v) is 5.57. The summed E-state index contributed by atoms with van der Waals surface area (Å²) in [6.07, 6.45) is 1.21. The highest BCUT2D eigenvalue weighted by atomic mass is 32.2. The molecule has 0 aliphatic carbocycles. The lowest BCUT2D eigenvalue weighted by atomic mass is 10.2. The Kier molecular flexibility index (Phi) is 5.19. The van der Waals surface area contributed by atoms with E-state index in [0.717, 1.165) is 11.3 Å². The SMILES string of the molecule is CS(=O)(=O)CCSc1nnc(-c2ccc(F)cc2)n1-c1ccccc1. The van der Waals surface area contributed by atoms with Crippen LogP contribution in [0.1, 0.15) is 0 Å². The predicted octanol–water partition coefficient (Wildman–Crippen LogP) is 3.21. The molecule has 130 valence electrons. The largest absolute Gasteiger partial charge is 0.270 e. The summed E-state index contributed by atoms with van der Waals surface area (Å²) in [7, 11) is -3.04. The van der Waals surface area contributed by atoms with Crippen molar-refractivity contribution in [2.45, 2.75) is 5.16 Å². The molecular weight excluding hydrogens is 361 g/mol. The molecule has 0 aliphatic heterocycles. The van der Waals surface area contributed by atoms with E-state index in [1.807, 2.05) is 34.9 Å². The van der Waals surface area contributed by atoms with Crippen LogP contribution in [0.3, 0.4) is 0 Å². The maximum atomic E-state index is 13.2. The van der Waals surface area contributed by atoms with Gasteiger partial charge in [0.2, 0.25) is 0 Å². The van der Waals surface area contributed by atoms with Gasteiger partial charge in [-0.05, 0) is 36.4 Å². The molecular formula is C17H16FN3O2S2. The van der Waals surface area contributed by atoms with E-state index in [1.54, 1.807) is 12.1 Å². The maximum Gasteiger partial charge on any atom is 0.196 e. The number of para-hydroxylation sites is 1. The summed E-state index contributed by atoms with van der Waals surface area (Å²) in [6.45, 7) is 0. The number of thioether (sulfide) groups is 1. The molecule has 0 atom stereocenters. The maximum absolute atomic E-state index is 13.2. The van der Waals surface area contributed by atoms with E-state index in [0.29, 0.717) is 16.7 Å². The average Bonchev–Trinajstić information content (AvgIpc) is 2.99. The van der Waals surface area contributed by atoms with Crippen LogP contribution >= 0.6 is 11.8 Å². The molecule has 0 aliphatic rings. The summed E-state index contributed by atoms with van der Waals surface area (Å²) in [5.41, 5.74) is 1.58. The van der Waals surface area contributed by atoms with Gasteiger partial charge in [-0.2, -0.15) is 0 Å². The van der Waals surface area contributed by atoms with Crippen LogP contribution in [0.25, 0.3) is 17.1 Å². The summed E-state index contributed by atoms with van der Waals surface area (Å²) in [4.78, 5) is 0. The number of benzene rings is 2. The summed E-state index contributed by atoms with van der Waals surface area (Å²) in [5, 5.41) is 9.02. The Morgan fingerprint density at radius 3 is 2.36 bits per heavy atom. The van der Waals surface area contributed by atoms with Gasteiger partial charge < -0.3 is 0 Å². The zero-order valence-electron chi connectivity index (χ0n) is 13.5.